The van der Waals surface area contributed by atoms with E-state index in [1.165, 1.54) is 5.56 Å². The number of benzene rings is 1. The fraction of sp³-hybridized carbons (Fsp3) is 0.417. The van der Waals surface area contributed by atoms with Crippen molar-refractivity contribution in [2.75, 3.05) is 20.6 Å². The van der Waals surface area contributed by atoms with Gasteiger partial charge in [0.2, 0.25) is 5.91 Å². The van der Waals surface area contributed by atoms with E-state index in [9.17, 15) is 4.79 Å². The molecule has 0 aliphatic rings. The average Bonchev–Trinajstić information content (AvgIpc) is 2.19. The highest BCUT2D eigenvalue weighted by molar-refractivity contribution is 9.10. The van der Waals surface area contributed by atoms with Crippen molar-refractivity contribution in [3.8, 4) is 0 Å². The molecule has 0 saturated carbocycles. The van der Waals surface area contributed by atoms with Crippen LogP contribution >= 0.6 is 15.9 Å². The molecule has 4 heteroatoms. The number of aryl methyl sites for hydroxylation is 1. The Morgan fingerprint density at radius 3 is 2.75 bits per heavy atom. The molecule has 1 rings (SSSR count). The van der Waals surface area contributed by atoms with Gasteiger partial charge in [0.25, 0.3) is 0 Å². The van der Waals surface area contributed by atoms with Crippen LogP contribution in [0.3, 0.4) is 0 Å². The van der Waals surface area contributed by atoms with Gasteiger partial charge in [-0.15, -0.1) is 0 Å². The minimum atomic E-state index is 0.0402. The monoisotopic (exact) mass is 284 g/mol. The zero-order chi connectivity index (χ0) is 12.1. The van der Waals surface area contributed by atoms with Crippen LogP contribution in [0.15, 0.2) is 22.7 Å². The van der Waals surface area contributed by atoms with Gasteiger partial charge >= 0.3 is 0 Å². The van der Waals surface area contributed by atoms with Crippen molar-refractivity contribution in [3.05, 3.63) is 33.8 Å². The van der Waals surface area contributed by atoms with E-state index in [0.717, 1.165) is 10.0 Å². The quantitative estimate of drug-likeness (QED) is 0.917. The van der Waals surface area contributed by atoms with Crippen molar-refractivity contribution in [1.29, 1.82) is 0 Å². The van der Waals surface area contributed by atoms with E-state index in [1.54, 1.807) is 0 Å². The van der Waals surface area contributed by atoms with E-state index in [4.69, 9.17) is 0 Å². The molecule has 3 nitrogen and oxygen atoms in total. The Bertz CT molecular complexity index is 377. The molecule has 0 fully saturated rings. The lowest BCUT2D eigenvalue weighted by Gasteiger charge is -2.11. The van der Waals surface area contributed by atoms with Crippen LogP contribution in [0.4, 0.5) is 0 Å². The van der Waals surface area contributed by atoms with Crippen LogP contribution in [-0.2, 0) is 11.3 Å². The fourth-order valence-electron chi connectivity index (χ4n) is 1.38. The Balaban J connectivity index is 2.55. The van der Waals surface area contributed by atoms with E-state index >= 15 is 0 Å². The van der Waals surface area contributed by atoms with Gasteiger partial charge in [-0.2, -0.15) is 0 Å². The van der Waals surface area contributed by atoms with Crippen LogP contribution in [0.25, 0.3) is 0 Å². The number of carbonyl (C=O) groups excluding carboxylic acids is 1. The maximum absolute atomic E-state index is 11.5. The third kappa shape index (κ3) is 3.94. The molecule has 0 unspecified atom stereocenters. The van der Waals surface area contributed by atoms with Gasteiger partial charge in [0.15, 0.2) is 0 Å². The highest BCUT2D eigenvalue weighted by Crippen LogP contribution is 2.20. The summed E-state index contributed by atoms with van der Waals surface area (Å²) >= 11 is 3.52. The van der Waals surface area contributed by atoms with Crippen molar-refractivity contribution in [3.63, 3.8) is 0 Å². The molecule has 0 aromatic heterocycles. The Hall–Kier alpha value is -0.870. The minimum absolute atomic E-state index is 0.0402. The first kappa shape index (κ1) is 13.2. The molecule has 1 amide bonds. The lowest BCUT2D eigenvalue weighted by atomic mass is 10.1. The summed E-state index contributed by atoms with van der Waals surface area (Å²) in [6, 6.07) is 6.04. The Morgan fingerprint density at radius 2 is 2.12 bits per heavy atom. The van der Waals surface area contributed by atoms with Gasteiger partial charge in [0.1, 0.15) is 0 Å². The predicted octanol–water partition coefficient (Wildman–Crippen LogP) is 1.94. The van der Waals surface area contributed by atoms with Gasteiger partial charge in [-0.05, 0) is 32.1 Å². The maximum Gasteiger partial charge on any atom is 0.234 e. The smallest absolute Gasteiger partial charge is 0.234 e. The van der Waals surface area contributed by atoms with Crippen LogP contribution in [0.2, 0.25) is 0 Å². The summed E-state index contributed by atoms with van der Waals surface area (Å²) in [5.74, 6) is 0.0402. The average molecular weight is 285 g/mol. The minimum Gasteiger partial charge on any atom is -0.351 e. The summed E-state index contributed by atoms with van der Waals surface area (Å²) < 4.78 is 1.07. The Morgan fingerprint density at radius 1 is 1.44 bits per heavy atom. The van der Waals surface area contributed by atoms with E-state index in [1.807, 2.05) is 44.1 Å². The number of nitrogens with zero attached hydrogens (tertiary/aromatic N) is 1. The molecule has 0 bridgehead atoms. The van der Waals surface area contributed by atoms with Crippen LogP contribution in [0.5, 0.6) is 0 Å². The van der Waals surface area contributed by atoms with Crippen LogP contribution in [0, 0.1) is 6.92 Å². The molecular weight excluding hydrogens is 268 g/mol. The second-order valence-corrected chi connectivity index (χ2v) is 4.86. The molecule has 1 aromatic rings. The van der Waals surface area contributed by atoms with Crippen molar-refractivity contribution < 1.29 is 4.79 Å². The second kappa shape index (κ2) is 6.01. The molecule has 0 saturated heterocycles. The molecule has 1 N–H and O–H groups in total. The normalized spacial score (nSPS) is 10.6. The van der Waals surface area contributed by atoms with Crippen molar-refractivity contribution in [2.45, 2.75) is 13.5 Å². The molecule has 0 atom stereocenters. The molecule has 0 aliphatic carbocycles. The molecule has 88 valence electrons. The van der Waals surface area contributed by atoms with Crippen LogP contribution < -0.4 is 5.32 Å². The van der Waals surface area contributed by atoms with Crippen LogP contribution in [-0.4, -0.2) is 31.4 Å². The van der Waals surface area contributed by atoms with Crippen molar-refractivity contribution in [2.24, 2.45) is 0 Å². The van der Waals surface area contributed by atoms with E-state index < -0.39 is 0 Å². The second-order valence-electron chi connectivity index (χ2n) is 4.06. The standard InChI is InChI=1S/C12H17BrN2O/c1-9-5-4-6-10(12(9)13)7-14-11(16)8-15(2)3/h4-6H,7-8H2,1-3H3,(H,14,16). The maximum atomic E-state index is 11.5. The predicted molar refractivity (Wildman–Crippen MR) is 69.3 cm³/mol. The first-order chi connectivity index (χ1) is 7.50. The van der Waals surface area contributed by atoms with E-state index in [0.29, 0.717) is 13.1 Å². The molecule has 1 aromatic carbocycles. The number of halogens is 1. The van der Waals surface area contributed by atoms with Crippen molar-refractivity contribution >= 4 is 21.8 Å². The number of hydrogen-bond donors (Lipinski definition) is 1. The molecular formula is C12H17BrN2O. The third-order valence-electron chi connectivity index (χ3n) is 2.21. The highest BCUT2D eigenvalue weighted by Gasteiger charge is 2.05. The topological polar surface area (TPSA) is 32.3 Å². The number of likely N-dealkylation sites (N-methyl/N-ethyl adjacent to an activating group) is 1. The SMILES string of the molecule is Cc1cccc(CNC(=O)CN(C)C)c1Br. The number of nitrogens with one attached hydrogen (secondary N) is 1. The zero-order valence-electron chi connectivity index (χ0n) is 9.88. The third-order valence-corrected chi connectivity index (χ3v) is 3.34. The Kier molecular flexibility index (Phi) is 4.96. The fourth-order valence-corrected chi connectivity index (χ4v) is 1.79. The molecule has 0 heterocycles. The van der Waals surface area contributed by atoms with E-state index in [-0.39, 0.29) is 5.91 Å². The van der Waals surface area contributed by atoms with Gasteiger partial charge < -0.3 is 10.2 Å². The zero-order valence-corrected chi connectivity index (χ0v) is 11.5. The van der Waals surface area contributed by atoms with Gasteiger partial charge in [0.05, 0.1) is 6.54 Å². The largest absolute Gasteiger partial charge is 0.351 e. The summed E-state index contributed by atoms with van der Waals surface area (Å²) in [5.41, 5.74) is 2.28. The lowest BCUT2D eigenvalue weighted by Crippen LogP contribution is -2.32. The molecule has 16 heavy (non-hydrogen) atoms. The summed E-state index contributed by atoms with van der Waals surface area (Å²) in [7, 11) is 3.75. The first-order valence-electron chi connectivity index (χ1n) is 5.16. The van der Waals surface area contributed by atoms with E-state index in [2.05, 4.69) is 21.2 Å². The first-order valence-corrected chi connectivity index (χ1v) is 5.95. The Labute approximate surface area is 105 Å². The highest BCUT2D eigenvalue weighted by atomic mass is 79.9. The molecule has 0 aliphatic heterocycles. The molecule has 0 radical (unpaired) electrons. The lowest BCUT2D eigenvalue weighted by molar-refractivity contribution is -0.121. The summed E-state index contributed by atoms with van der Waals surface area (Å²) in [4.78, 5) is 13.3. The van der Waals surface area contributed by atoms with Crippen LogP contribution in [0.1, 0.15) is 11.1 Å². The van der Waals surface area contributed by atoms with Gasteiger partial charge in [0, 0.05) is 11.0 Å². The number of rotatable bonds is 4. The van der Waals surface area contributed by atoms with Gasteiger partial charge in [-0.25, -0.2) is 0 Å². The van der Waals surface area contributed by atoms with Gasteiger partial charge in [-0.1, -0.05) is 34.1 Å². The summed E-state index contributed by atoms with van der Waals surface area (Å²) in [6.07, 6.45) is 0. The number of amides is 1. The number of hydrogen-bond acceptors (Lipinski definition) is 2. The molecule has 0 spiro atoms. The van der Waals surface area contributed by atoms with Gasteiger partial charge in [-0.3, -0.25) is 4.79 Å². The number of carbonyl (C=O) groups is 1. The summed E-state index contributed by atoms with van der Waals surface area (Å²) in [6.45, 7) is 3.02. The summed E-state index contributed by atoms with van der Waals surface area (Å²) in [5, 5.41) is 2.89. The van der Waals surface area contributed by atoms with Crippen molar-refractivity contribution in [1.82, 2.24) is 10.2 Å².